The normalized spacial score (nSPS) is 16.8. The van der Waals surface area contributed by atoms with Crippen LogP contribution < -0.4 is 4.74 Å². The first-order chi connectivity index (χ1) is 16.0. The highest BCUT2D eigenvalue weighted by Crippen LogP contribution is 2.29. The zero-order valence-electron chi connectivity index (χ0n) is 20.4. The molecule has 1 heterocycles. The Morgan fingerprint density at radius 1 is 1.03 bits per heavy atom. The Bertz CT molecular complexity index is 900. The number of nitrogens with zero attached hydrogens (tertiary/aromatic N) is 3. The summed E-state index contributed by atoms with van der Waals surface area (Å²) < 4.78 is 19.3. The molecule has 3 rings (SSSR count). The Morgan fingerprint density at radius 2 is 1.76 bits per heavy atom. The van der Waals surface area contributed by atoms with Gasteiger partial charge in [-0.25, -0.2) is 4.39 Å². The van der Waals surface area contributed by atoms with Crippen LogP contribution in [0.2, 0.25) is 0 Å². The Labute approximate surface area is 199 Å². The first kappa shape index (κ1) is 25.2. The van der Waals surface area contributed by atoms with E-state index in [1.165, 1.54) is 37.0 Å². The lowest BCUT2D eigenvalue weighted by Gasteiger charge is -2.40. The number of aryl methyl sites for hydroxylation is 1. The summed E-state index contributed by atoms with van der Waals surface area (Å²) in [5.74, 6) is 0.492. The van der Waals surface area contributed by atoms with Crippen LogP contribution in [-0.2, 0) is 0 Å². The van der Waals surface area contributed by atoms with Crippen molar-refractivity contribution in [2.75, 3.05) is 32.7 Å². The number of nitriles is 1. The van der Waals surface area contributed by atoms with E-state index >= 15 is 0 Å². The maximum atomic E-state index is 13.2. The van der Waals surface area contributed by atoms with Crippen molar-refractivity contribution < 1.29 is 9.13 Å². The molecular weight excluding hydrogens is 413 g/mol. The van der Waals surface area contributed by atoms with E-state index in [4.69, 9.17) is 4.74 Å². The Morgan fingerprint density at radius 3 is 2.36 bits per heavy atom. The van der Waals surface area contributed by atoms with Gasteiger partial charge in [0.15, 0.2) is 0 Å². The molecule has 2 unspecified atom stereocenters. The maximum absolute atomic E-state index is 13.2. The molecule has 0 radical (unpaired) electrons. The Balaban J connectivity index is 1.60. The molecule has 0 saturated carbocycles. The number of ether oxygens (including phenoxy) is 1. The summed E-state index contributed by atoms with van der Waals surface area (Å²) in [6, 6.07) is 15.3. The fourth-order valence-electron chi connectivity index (χ4n) is 4.67. The molecule has 2 aromatic rings. The lowest BCUT2D eigenvalue weighted by atomic mass is 9.95. The summed E-state index contributed by atoms with van der Waals surface area (Å²) in [5.41, 5.74) is 3.17. The predicted molar refractivity (Wildman–Crippen MR) is 132 cm³/mol. The fraction of sp³-hybridized carbons (Fsp3) is 0.536. The highest BCUT2D eigenvalue weighted by molar-refractivity contribution is 5.40. The first-order valence-corrected chi connectivity index (χ1v) is 12.4. The van der Waals surface area contributed by atoms with Crippen LogP contribution in [-0.4, -0.2) is 48.6 Å². The smallest absolute Gasteiger partial charge is 0.123 e. The highest BCUT2D eigenvalue weighted by Gasteiger charge is 2.26. The van der Waals surface area contributed by atoms with Gasteiger partial charge in [-0.1, -0.05) is 45.2 Å². The van der Waals surface area contributed by atoms with E-state index in [2.05, 4.69) is 41.8 Å². The average molecular weight is 452 g/mol. The average Bonchev–Trinajstić information content (AvgIpc) is 2.83. The van der Waals surface area contributed by atoms with Crippen molar-refractivity contribution in [1.82, 2.24) is 9.80 Å². The van der Waals surface area contributed by atoms with Crippen molar-refractivity contribution >= 4 is 0 Å². The number of piperazine rings is 1. The Kier molecular flexibility index (Phi) is 9.72. The third kappa shape index (κ3) is 7.28. The van der Waals surface area contributed by atoms with Crippen molar-refractivity contribution in [3.63, 3.8) is 0 Å². The van der Waals surface area contributed by atoms with Crippen molar-refractivity contribution in [3.05, 3.63) is 65.0 Å². The van der Waals surface area contributed by atoms with Crippen LogP contribution in [0.4, 0.5) is 4.39 Å². The second-order valence-corrected chi connectivity index (χ2v) is 9.14. The van der Waals surface area contributed by atoms with E-state index < -0.39 is 0 Å². The van der Waals surface area contributed by atoms with Gasteiger partial charge >= 0.3 is 0 Å². The molecule has 1 aliphatic heterocycles. The van der Waals surface area contributed by atoms with Crippen LogP contribution in [0.5, 0.6) is 5.75 Å². The van der Waals surface area contributed by atoms with Crippen molar-refractivity contribution in [2.45, 2.75) is 65.0 Å². The maximum Gasteiger partial charge on any atom is 0.123 e. The van der Waals surface area contributed by atoms with Crippen LogP contribution in [0.25, 0.3) is 0 Å². The Hall–Kier alpha value is -2.42. The molecule has 1 fully saturated rings. The van der Waals surface area contributed by atoms with Crippen LogP contribution in [0.3, 0.4) is 0 Å². The summed E-state index contributed by atoms with van der Waals surface area (Å²) in [4.78, 5) is 5.11. The zero-order valence-corrected chi connectivity index (χ0v) is 20.4. The molecule has 178 valence electrons. The van der Waals surface area contributed by atoms with Gasteiger partial charge in [0.2, 0.25) is 0 Å². The zero-order chi connectivity index (χ0) is 23.6. The van der Waals surface area contributed by atoms with Gasteiger partial charge in [0, 0.05) is 38.8 Å². The molecule has 1 aliphatic rings. The van der Waals surface area contributed by atoms with Crippen LogP contribution in [0.1, 0.15) is 68.7 Å². The minimum atomic E-state index is -0.238. The summed E-state index contributed by atoms with van der Waals surface area (Å²) in [6.45, 7) is 11.4. The standard InChI is InChI=1S/C28H38FN3O/c1-4-6-7-8-28(23-9-10-24(20-30)22(3)19-23)32-17-15-31(16-18-32)21-26(5-2)33-27-13-11-25(29)12-14-27/h9-14,19,26,28H,4-8,15-18,21H2,1-3H3. The van der Waals surface area contributed by atoms with Crippen molar-refractivity contribution in [1.29, 1.82) is 5.26 Å². The summed E-state index contributed by atoms with van der Waals surface area (Å²) in [6.07, 6.45) is 5.88. The SMILES string of the molecule is CCCCCC(c1ccc(C#N)c(C)c1)N1CCN(CC(CC)Oc2ccc(F)cc2)CC1. The van der Waals surface area contributed by atoms with E-state index in [0.717, 1.165) is 62.4 Å². The largest absolute Gasteiger partial charge is 0.489 e. The molecule has 1 saturated heterocycles. The van der Waals surface area contributed by atoms with E-state index in [1.807, 2.05) is 13.0 Å². The number of rotatable bonds is 11. The van der Waals surface area contributed by atoms with Crippen LogP contribution in [0, 0.1) is 24.1 Å². The number of unbranched alkanes of at least 4 members (excludes halogenated alkanes) is 2. The summed E-state index contributed by atoms with van der Waals surface area (Å²) in [5, 5.41) is 9.30. The lowest BCUT2D eigenvalue weighted by Crippen LogP contribution is -2.50. The summed E-state index contributed by atoms with van der Waals surface area (Å²) in [7, 11) is 0. The van der Waals surface area contributed by atoms with Gasteiger partial charge in [-0.2, -0.15) is 5.26 Å². The molecule has 0 N–H and O–H groups in total. The van der Waals surface area contributed by atoms with E-state index in [9.17, 15) is 9.65 Å². The van der Waals surface area contributed by atoms with Crippen molar-refractivity contribution in [3.8, 4) is 11.8 Å². The number of halogens is 1. The van der Waals surface area contributed by atoms with Gasteiger partial charge in [0.05, 0.1) is 11.6 Å². The molecule has 0 spiro atoms. The molecule has 0 bridgehead atoms. The topological polar surface area (TPSA) is 39.5 Å². The van der Waals surface area contributed by atoms with Gasteiger partial charge in [0.25, 0.3) is 0 Å². The fourth-order valence-corrected chi connectivity index (χ4v) is 4.67. The van der Waals surface area contributed by atoms with Gasteiger partial charge in [-0.3, -0.25) is 9.80 Å². The second-order valence-electron chi connectivity index (χ2n) is 9.14. The van der Waals surface area contributed by atoms with Gasteiger partial charge in [0.1, 0.15) is 17.7 Å². The van der Waals surface area contributed by atoms with Gasteiger partial charge < -0.3 is 4.74 Å². The van der Waals surface area contributed by atoms with E-state index in [-0.39, 0.29) is 11.9 Å². The third-order valence-corrected chi connectivity index (χ3v) is 6.72. The molecular formula is C28H38FN3O. The molecule has 4 nitrogen and oxygen atoms in total. The summed E-state index contributed by atoms with van der Waals surface area (Å²) >= 11 is 0. The number of benzene rings is 2. The molecule has 5 heteroatoms. The van der Waals surface area contributed by atoms with Gasteiger partial charge in [-0.05, 0) is 61.2 Å². The molecule has 0 amide bonds. The number of hydrogen-bond donors (Lipinski definition) is 0. The van der Waals surface area contributed by atoms with Crippen molar-refractivity contribution in [2.24, 2.45) is 0 Å². The third-order valence-electron chi connectivity index (χ3n) is 6.72. The molecule has 2 aromatic carbocycles. The quantitative estimate of drug-likeness (QED) is 0.387. The van der Waals surface area contributed by atoms with Crippen LogP contribution in [0.15, 0.2) is 42.5 Å². The second kappa shape index (κ2) is 12.7. The minimum Gasteiger partial charge on any atom is -0.489 e. The number of hydrogen-bond acceptors (Lipinski definition) is 4. The van der Waals surface area contributed by atoms with E-state index in [1.54, 1.807) is 12.1 Å². The monoisotopic (exact) mass is 451 g/mol. The highest BCUT2D eigenvalue weighted by atomic mass is 19.1. The van der Waals surface area contributed by atoms with Gasteiger partial charge in [-0.15, -0.1) is 0 Å². The minimum absolute atomic E-state index is 0.100. The lowest BCUT2D eigenvalue weighted by molar-refractivity contribution is 0.0600. The molecule has 2 atom stereocenters. The molecule has 0 aliphatic carbocycles. The first-order valence-electron chi connectivity index (χ1n) is 12.4. The predicted octanol–water partition coefficient (Wildman–Crippen LogP) is 6.10. The molecule has 33 heavy (non-hydrogen) atoms. The van der Waals surface area contributed by atoms with Crippen LogP contribution >= 0.6 is 0 Å². The molecule has 0 aromatic heterocycles. The van der Waals surface area contributed by atoms with E-state index in [0.29, 0.717) is 6.04 Å².